The van der Waals surface area contributed by atoms with E-state index in [0.29, 0.717) is 32.1 Å². The molecule has 0 aromatic carbocycles. The first-order valence-corrected chi connectivity index (χ1v) is 16.1. The van der Waals surface area contributed by atoms with E-state index in [1.165, 1.54) is 0 Å². The Morgan fingerprint density at radius 3 is 2.07 bits per heavy atom. The average molecular weight is 612 g/mol. The minimum atomic E-state index is -0.830. The van der Waals surface area contributed by atoms with Crippen LogP contribution in [0, 0.1) is 40.4 Å². The van der Waals surface area contributed by atoms with Gasteiger partial charge in [-0.25, -0.2) is 0 Å². The van der Waals surface area contributed by atoms with Crippen molar-refractivity contribution in [3.8, 4) is 0 Å². The minimum absolute atomic E-state index is 0.00698. The topological polar surface area (TPSA) is 194 Å². The van der Waals surface area contributed by atoms with E-state index in [4.69, 9.17) is 31.4 Å². The predicted molar refractivity (Wildman–Crippen MR) is 162 cm³/mol. The summed E-state index contributed by atoms with van der Waals surface area (Å²) in [6.45, 7) is 12.0. The van der Waals surface area contributed by atoms with Crippen LogP contribution in [0.3, 0.4) is 0 Å². The van der Waals surface area contributed by atoms with Crippen molar-refractivity contribution in [3.63, 3.8) is 0 Å². The summed E-state index contributed by atoms with van der Waals surface area (Å²) >= 11 is 0. The van der Waals surface area contributed by atoms with E-state index in [1.807, 2.05) is 13.8 Å². The molecule has 2 rings (SSSR count). The van der Waals surface area contributed by atoms with Gasteiger partial charge in [-0.05, 0) is 80.5 Å². The number of aliphatic carboxylic acids is 1. The zero-order valence-electron chi connectivity index (χ0n) is 27.1. The lowest BCUT2D eigenvalue weighted by Gasteiger charge is -2.58. The normalized spacial score (nSPS) is 29.2. The summed E-state index contributed by atoms with van der Waals surface area (Å²) < 4.78 is 17.8. The number of hydrogen-bond donors (Lipinski definition) is 4. The molecule has 11 nitrogen and oxygen atoms in total. The standard InChI is InChI=1S/C32H57N3O8/c1-7-20(41-27(38)16-33)13-14-31(4,5)23-15-25(43-29(40)18-35)32(6)21(19(3)9-12-26(36)37)10-11-22(32)30(23)24(8-2)42-28(39)17-34/h19-25,30H,7-18,33-35H2,1-6H3,(H,36,37)/t19-,20+,21?,22+,23+,24-,25+,30?,32?/m1/s1. The van der Waals surface area contributed by atoms with E-state index in [1.54, 1.807) is 0 Å². The van der Waals surface area contributed by atoms with Crippen LogP contribution in [-0.2, 0) is 33.4 Å². The Morgan fingerprint density at radius 2 is 1.53 bits per heavy atom. The van der Waals surface area contributed by atoms with Gasteiger partial charge in [0.05, 0.1) is 19.6 Å². The van der Waals surface area contributed by atoms with Crippen molar-refractivity contribution in [3.05, 3.63) is 0 Å². The first-order chi connectivity index (χ1) is 20.2. The maximum absolute atomic E-state index is 12.7. The van der Waals surface area contributed by atoms with Crippen LogP contribution in [0.25, 0.3) is 0 Å². The molecule has 2 aliphatic carbocycles. The molecule has 0 amide bonds. The Bertz CT molecular complexity index is 959. The van der Waals surface area contributed by atoms with Crippen molar-refractivity contribution in [2.75, 3.05) is 19.6 Å². The molecule has 2 fully saturated rings. The highest BCUT2D eigenvalue weighted by atomic mass is 16.6. The van der Waals surface area contributed by atoms with Crippen molar-refractivity contribution >= 4 is 23.9 Å². The van der Waals surface area contributed by atoms with Crippen LogP contribution < -0.4 is 17.2 Å². The van der Waals surface area contributed by atoms with Crippen molar-refractivity contribution in [1.29, 1.82) is 0 Å². The molecule has 0 radical (unpaired) electrons. The second-order valence-electron chi connectivity index (χ2n) is 13.6. The maximum Gasteiger partial charge on any atom is 0.319 e. The summed E-state index contributed by atoms with van der Waals surface area (Å²) in [7, 11) is 0. The van der Waals surface area contributed by atoms with Gasteiger partial charge in [0.2, 0.25) is 0 Å². The molecular weight excluding hydrogens is 554 g/mol. The van der Waals surface area contributed by atoms with E-state index in [-0.39, 0.29) is 73.3 Å². The lowest BCUT2D eigenvalue weighted by Crippen LogP contribution is -2.58. The quantitative estimate of drug-likeness (QED) is 0.139. The van der Waals surface area contributed by atoms with E-state index >= 15 is 0 Å². The molecule has 2 saturated carbocycles. The molecule has 9 atom stereocenters. The smallest absolute Gasteiger partial charge is 0.319 e. The van der Waals surface area contributed by atoms with Crippen molar-refractivity contribution in [2.24, 2.45) is 57.6 Å². The maximum atomic E-state index is 12.7. The number of ether oxygens (including phenoxy) is 3. The molecular formula is C32H57N3O8. The lowest BCUT2D eigenvalue weighted by atomic mass is 9.49. The van der Waals surface area contributed by atoms with Crippen LogP contribution >= 0.6 is 0 Å². The summed E-state index contributed by atoms with van der Waals surface area (Å²) in [6, 6.07) is 0. The number of esters is 3. The third kappa shape index (κ3) is 8.91. The molecule has 3 unspecified atom stereocenters. The molecule has 0 heterocycles. The van der Waals surface area contributed by atoms with Gasteiger partial charge in [0.25, 0.3) is 0 Å². The molecule has 0 spiro atoms. The summed E-state index contributed by atoms with van der Waals surface area (Å²) in [5, 5.41) is 9.38. The van der Waals surface area contributed by atoms with E-state index in [2.05, 4.69) is 27.7 Å². The number of carbonyl (C=O) groups excluding carboxylic acids is 3. The first kappa shape index (κ1) is 36.9. The number of rotatable bonds is 17. The van der Waals surface area contributed by atoms with Gasteiger partial charge in [0.15, 0.2) is 0 Å². The third-order valence-electron chi connectivity index (χ3n) is 10.7. The van der Waals surface area contributed by atoms with Crippen molar-refractivity contribution in [2.45, 2.75) is 118 Å². The number of carboxylic acids is 1. The Hall–Kier alpha value is -2.24. The van der Waals surface area contributed by atoms with E-state index < -0.39 is 35.4 Å². The fourth-order valence-corrected chi connectivity index (χ4v) is 8.40. The number of carbonyl (C=O) groups is 4. The molecule has 0 aromatic rings. The third-order valence-corrected chi connectivity index (χ3v) is 10.7. The number of fused-ring (bicyclic) bond motifs is 1. The number of hydrogen-bond acceptors (Lipinski definition) is 10. The summed E-state index contributed by atoms with van der Waals surface area (Å²) in [4.78, 5) is 48.6. The SMILES string of the molecule is CC[C@@H](CCC(C)(C)[C@H]1C[C@H](OC(=O)CN)C2(C)C([C@H](C)CCC(=O)O)CC[C@H]2C1[C@@H](CC)OC(=O)CN)OC(=O)CN. The Morgan fingerprint density at radius 1 is 0.930 bits per heavy atom. The van der Waals surface area contributed by atoms with Gasteiger partial charge in [-0.3, -0.25) is 19.2 Å². The predicted octanol–water partition coefficient (Wildman–Crippen LogP) is 3.39. The summed E-state index contributed by atoms with van der Waals surface area (Å²) in [5.41, 5.74) is 16.1. The number of carboxylic acid groups (broad SMARTS) is 1. The first-order valence-electron chi connectivity index (χ1n) is 16.1. The Balaban J connectivity index is 2.58. The molecule has 7 N–H and O–H groups in total. The summed E-state index contributed by atoms with van der Waals surface area (Å²) in [6.07, 6.45) is 4.39. The average Bonchev–Trinajstić information content (AvgIpc) is 3.34. The molecule has 0 saturated heterocycles. The van der Waals surface area contributed by atoms with Gasteiger partial charge < -0.3 is 36.5 Å². The zero-order chi connectivity index (χ0) is 32.5. The zero-order valence-corrected chi connectivity index (χ0v) is 27.1. The van der Waals surface area contributed by atoms with Crippen LogP contribution in [-0.4, -0.2) is 66.9 Å². The molecule has 0 aromatic heterocycles. The lowest BCUT2D eigenvalue weighted by molar-refractivity contribution is -0.195. The molecule has 0 aliphatic heterocycles. The van der Waals surface area contributed by atoms with Crippen LogP contribution in [0.1, 0.15) is 99.3 Å². The van der Waals surface area contributed by atoms with E-state index in [0.717, 1.165) is 19.3 Å². The van der Waals surface area contributed by atoms with Gasteiger partial charge in [-0.2, -0.15) is 0 Å². The highest BCUT2D eigenvalue weighted by Gasteiger charge is 2.64. The van der Waals surface area contributed by atoms with Crippen molar-refractivity contribution < 1.29 is 38.5 Å². The van der Waals surface area contributed by atoms with Gasteiger partial charge >= 0.3 is 23.9 Å². The monoisotopic (exact) mass is 611 g/mol. The molecule has 43 heavy (non-hydrogen) atoms. The van der Waals surface area contributed by atoms with Crippen molar-refractivity contribution in [1.82, 2.24) is 0 Å². The highest BCUT2D eigenvalue weighted by Crippen LogP contribution is 2.65. The second-order valence-corrected chi connectivity index (χ2v) is 13.6. The van der Waals surface area contributed by atoms with Crippen LogP contribution in [0.5, 0.6) is 0 Å². The minimum Gasteiger partial charge on any atom is -0.481 e. The fourth-order valence-electron chi connectivity index (χ4n) is 8.40. The van der Waals surface area contributed by atoms with Gasteiger partial charge in [-0.1, -0.05) is 41.5 Å². The Kier molecular flexibility index (Phi) is 13.9. The molecule has 11 heteroatoms. The van der Waals surface area contributed by atoms with Crippen LogP contribution in [0.2, 0.25) is 0 Å². The van der Waals surface area contributed by atoms with Crippen LogP contribution in [0.4, 0.5) is 0 Å². The summed E-state index contributed by atoms with van der Waals surface area (Å²) in [5.74, 6) is -1.99. The van der Waals surface area contributed by atoms with E-state index in [9.17, 15) is 24.3 Å². The van der Waals surface area contributed by atoms with Gasteiger partial charge in [0.1, 0.15) is 18.3 Å². The highest BCUT2D eigenvalue weighted by molar-refractivity contribution is 5.72. The second kappa shape index (κ2) is 16.2. The van der Waals surface area contributed by atoms with Gasteiger partial charge in [-0.15, -0.1) is 0 Å². The van der Waals surface area contributed by atoms with Gasteiger partial charge in [0, 0.05) is 17.8 Å². The largest absolute Gasteiger partial charge is 0.481 e. The number of nitrogens with two attached hydrogens (primary N) is 3. The molecule has 2 aliphatic rings. The fraction of sp³-hybridized carbons (Fsp3) is 0.875. The molecule has 0 bridgehead atoms. The Labute approximate surface area is 257 Å². The molecule has 248 valence electrons. The van der Waals surface area contributed by atoms with Crippen LogP contribution in [0.15, 0.2) is 0 Å².